The third-order valence-corrected chi connectivity index (χ3v) is 4.87. The highest BCUT2D eigenvalue weighted by atomic mass is 32.2. The summed E-state index contributed by atoms with van der Waals surface area (Å²) in [5.41, 5.74) is 1.41. The third kappa shape index (κ3) is 3.89. The van der Waals surface area contributed by atoms with Gasteiger partial charge in [0.1, 0.15) is 0 Å². The van der Waals surface area contributed by atoms with Gasteiger partial charge in [0.05, 0.1) is 23.0 Å². The molecule has 126 valence electrons. The molecule has 7 heteroatoms. The summed E-state index contributed by atoms with van der Waals surface area (Å²) in [4.78, 5) is 19.8. The van der Waals surface area contributed by atoms with Crippen LogP contribution >= 0.6 is 0 Å². The fraction of sp³-hybridized carbons (Fsp3) is 0.0556. The first-order valence-corrected chi connectivity index (χ1v) is 8.95. The maximum atomic E-state index is 12.5. The second-order valence-electron chi connectivity index (χ2n) is 5.35. The molecule has 0 amide bonds. The molecule has 1 N–H and O–H groups in total. The van der Waals surface area contributed by atoms with Crippen LogP contribution in [0.1, 0.15) is 17.3 Å². The summed E-state index contributed by atoms with van der Waals surface area (Å²) < 4.78 is 27.3. The summed E-state index contributed by atoms with van der Waals surface area (Å²) >= 11 is 0. The van der Waals surface area contributed by atoms with E-state index in [1.165, 1.54) is 37.5 Å². The molecular weight excluding hydrogens is 338 g/mol. The van der Waals surface area contributed by atoms with E-state index in [0.29, 0.717) is 11.4 Å². The van der Waals surface area contributed by atoms with Gasteiger partial charge in [0.15, 0.2) is 11.6 Å². The van der Waals surface area contributed by atoms with E-state index in [0.717, 1.165) is 5.56 Å². The molecule has 0 saturated carbocycles. The molecule has 25 heavy (non-hydrogen) atoms. The first-order chi connectivity index (χ1) is 12.0. The SMILES string of the molecule is CC(=O)c1cccc(S(=O)(=O)Nc2cnc(-c3ccccc3)nc2)c1. The van der Waals surface area contributed by atoms with Gasteiger partial charge < -0.3 is 0 Å². The van der Waals surface area contributed by atoms with Crippen molar-refractivity contribution < 1.29 is 13.2 Å². The first kappa shape index (κ1) is 16.8. The Morgan fingerprint density at radius 2 is 1.64 bits per heavy atom. The summed E-state index contributed by atoms with van der Waals surface area (Å²) in [6.07, 6.45) is 2.81. The number of ketones is 1. The lowest BCUT2D eigenvalue weighted by atomic mass is 10.2. The summed E-state index contributed by atoms with van der Waals surface area (Å²) in [5.74, 6) is 0.301. The van der Waals surface area contributed by atoms with E-state index in [-0.39, 0.29) is 16.4 Å². The second-order valence-corrected chi connectivity index (χ2v) is 7.03. The molecule has 2 aromatic carbocycles. The van der Waals surface area contributed by atoms with Crippen LogP contribution < -0.4 is 4.72 Å². The number of carbonyl (C=O) groups excluding carboxylic acids is 1. The van der Waals surface area contributed by atoms with Crippen molar-refractivity contribution in [2.45, 2.75) is 11.8 Å². The maximum Gasteiger partial charge on any atom is 0.262 e. The highest BCUT2D eigenvalue weighted by Crippen LogP contribution is 2.18. The van der Waals surface area contributed by atoms with Crippen molar-refractivity contribution >= 4 is 21.5 Å². The molecule has 0 bridgehead atoms. The van der Waals surface area contributed by atoms with E-state index in [2.05, 4.69) is 14.7 Å². The lowest BCUT2D eigenvalue weighted by Crippen LogP contribution is -2.14. The van der Waals surface area contributed by atoms with Crippen molar-refractivity contribution in [1.29, 1.82) is 0 Å². The summed E-state index contributed by atoms with van der Waals surface area (Å²) in [5, 5.41) is 0. The lowest BCUT2D eigenvalue weighted by Gasteiger charge is -2.09. The molecule has 0 atom stereocenters. The van der Waals surface area contributed by atoms with Crippen LogP contribution in [0.25, 0.3) is 11.4 Å². The number of hydrogen-bond donors (Lipinski definition) is 1. The van der Waals surface area contributed by atoms with Crippen LogP contribution in [-0.4, -0.2) is 24.2 Å². The number of rotatable bonds is 5. The van der Waals surface area contributed by atoms with Crippen molar-refractivity contribution in [1.82, 2.24) is 9.97 Å². The molecule has 0 aliphatic carbocycles. The average Bonchev–Trinajstić information content (AvgIpc) is 2.63. The number of aromatic nitrogens is 2. The summed E-state index contributed by atoms with van der Waals surface area (Å²) in [6, 6.07) is 15.2. The van der Waals surface area contributed by atoms with Crippen LogP contribution in [0.2, 0.25) is 0 Å². The van der Waals surface area contributed by atoms with Crippen LogP contribution in [-0.2, 0) is 10.0 Å². The zero-order chi connectivity index (χ0) is 17.9. The van der Waals surface area contributed by atoms with E-state index >= 15 is 0 Å². The summed E-state index contributed by atoms with van der Waals surface area (Å²) in [7, 11) is -3.83. The number of benzene rings is 2. The van der Waals surface area contributed by atoms with Gasteiger partial charge in [-0.15, -0.1) is 0 Å². The second kappa shape index (κ2) is 6.82. The van der Waals surface area contributed by atoms with Crippen molar-refractivity contribution in [3.05, 3.63) is 72.6 Å². The molecule has 0 aliphatic heterocycles. The van der Waals surface area contributed by atoms with Crippen molar-refractivity contribution in [3.8, 4) is 11.4 Å². The Morgan fingerprint density at radius 1 is 0.960 bits per heavy atom. The smallest absolute Gasteiger partial charge is 0.262 e. The fourth-order valence-electron chi connectivity index (χ4n) is 2.21. The van der Waals surface area contributed by atoms with E-state index in [9.17, 15) is 13.2 Å². The zero-order valence-electron chi connectivity index (χ0n) is 13.4. The fourth-order valence-corrected chi connectivity index (χ4v) is 3.29. The Morgan fingerprint density at radius 3 is 2.28 bits per heavy atom. The third-order valence-electron chi connectivity index (χ3n) is 3.49. The number of carbonyl (C=O) groups is 1. The normalized spacial score (nSPS) is 11.1. The largest absolute Gasteiger partial charge is 0.295 e. The summed E-state index contributed by atoms with van der Waals surface area (Å²) in [6.45, 7) is 1.38. The molecule has 0 spiro atoms. The van der Waals surface area contributed by atoms with Gasteiger partial charge in [-0.3, -0.25) is 9.52 Å². The predicted molar refractivity (Wildman–Crippen MR) is 94.7 cm³/mol. The Kier molecular flexibility index (Phi) is 4.58. The predicted octanol–water partition coefficient (Wildman–Crippen LogP) is 3.15. The van der Waals surface area contributed by atoms with Crippen molar-refractivity contribution in [2.75, 3.05) is 4.72 Å². The molecule has 3 aromatic rings. The average molecular weight is 353 g/mol. The van der Waals surface area contributed by atoms with Gasteiger partial charge in [-0.1, -0.05) is 42.5 Å². The minimum atomic E-state index is -3.83. The molecule has 0 fully saturated rings. The van der Waals surface area contributed by atoms with Crippen LogP contribution in [0.3, 0.4) is 0 Å². The number of nitrogens with one attached hydrogen (secondary N) is 1. The van der Waals surface area contributed by atoms with E-state index in [1.807, 2.05) is 30.3 Å². The minimum absolute atomic E-state index is 0.00679. The van der Waals surface area contributed by atoms with Gasteiger partial charge in [-0.2, -0.15) is 0 Å². The molecule has 0 saturated heterocycles. The lowest BCUT2D eigenvalue weighted by molar-refractivity contribution is 0.101. The van der Waals surface area contributed by atoms with Gasteiger partial charge in [-0.25, -0.2) is 18.4 Å². The highest BCUT2D eigenvalue weighted by molar-refractivity contribution is 7.92. The number of nitrogens with zero attached hydrogens (tertiary/aromatic N) is 2. The molecule has 0 unspecified atom stereocenters. The molecule has 6 nitrogen and oxygen atoms in total. The molecule has 1 aromatic heterocycles. The van der Waals surface area contributed by atoms with Gasteiger partial charge >= 0.3 is 0 Å². The number of Topliss-reactive ketones (excluding diaryl/α,β-unsaturated/α-hetero) is 1. The first-order valence-electron chi connectivity index (χ1n) is 7.47. The molecule has 0 radical (unpaired) electrons. The molecule has 0 aliphatic rings. The maximum absolute atomic E-state index is 12.5. The highest BCUT2D eigenvalue weighted by Gasteiger charge is 2.16. The number of hydrogen-bond acceptors (Lipinski definition) is 5. The van der Waals surface area contributed by atoms with Crippen LogP contribution in [0.5, 0.6) is 0 Å². The molecular formula is C18H15N3O3S. The van der Waals surface area contributed by atoms with E-state index in [1.54, 1.807) is 6.07 Å². The number of anilines is 1. The van der Waals surface area contributed by atoms with Crippen LogP contribution in [0, 0.1) is 0 Å². The molecule has 1 heterocycles. The Labute approximate surface area is 145 Å². The topological polar surface area (TPSA) is 89.0 Å². The van der Waals surface area contributed by atoms with Gasteiger partial charge in [-0.05, 0) is 19.1 Å². The molecule has 3 rings (SSSR count). The Balaban J connectivity index is 1.84. The Hall–Kier alpha value is -3.06. The van der Waals surface area contributed by atoms with Gasteiger partial charge in [0.25, 0.3) is 10.0 Å². The van der Waals surface area contributed by atoms with E-state index < -0.39 is 10.0 Å². The van der Waals surface area contributed by atoms with Crippen LogP contribution in [0.4, 0.5) is 5.69 Å². The minimum Gasteiger partial charge on any atom is -0.295 e. The van der Waals surface area contributed by atoms with Crippen molar-refractivity contribution in [3.63, 3.8) is 0 Å². The van der Waals surface area contributed by atoms with Crippen molar-refractivity contribution in [2.24, 2.45) is 0 Å². The Bertz CT molecular complexity index is 1000. The standard InChI is InChI=1S/C18H15N3O3S/c1-13(22)15-8-5-9-17(10-15)25(23,24)21-16-11-19-18(20-12-16)14-6-3-2-4-7-14/h2-12,21H,1H3. The van der Waals surface area contributed by atoms with Gasteiger partial charge in [0, 0.05) is 11.1 Å². The number of sulfonamides is 1. The quantitative estimate of drug-likeness (QED) is 0.712. The monoisotopic (exact) mass is 353 g/mol. The van der Waals surface area contributed by atoms with Crippen LogP contribution in [0.15, 0.2) is 71.9 Å². The van der Waals surface area contributed by atoms with Gasteiger partial charge in [0.2, 0.25) is 0 Å². The zero-order valence-corrected chi connectivity index (χ0v) is 14.2. The van der Waals surface area contributed by atoms with E-state index in [4.69, 9.17) is 0 Å².